The fraction of sp³-hybridized carbons (Fsp3) is 0.680. The molecule has 0 aliphatic carbocycles. The van der Waals surface area contributed by atoms with E-state index in [1.54, 1.807) is 0 Å². The standard InChI is InChI=1S/C103H174O16P2/c1-4-7-10-13-16-19-22-25-28-31-34-37-40-43-46-48-51-53-56-59-62-65-68-71-74-77-80-83-86-89-101(106)113-92-98(104)93-115-120(109,110)116-94-99(105)95-117-121(111,112)118-97-100(119-103(108)91-88-85-82-79-76-73-70-67-64-61-58-55-50-45-42-39-36-33-30-27-24-21-18-15-12-9-6-3)96-114-102(107)90-87-84-81-78-75-72-69-66-63-60-57-54-52-49-47-44-41-38-35-32-29-26-23-20-17-14-11-8-5-2/h7,9-10,12,16-21,25-30,34-39,43-47,50-51,53,98-100,104-105H,4-6,8,11,13-15,22-24,31-33,40-42,48-49,52,54-97H2,1-3H3,(H,109,110)(H,111,112)/b10-7-,12-9-,19-16-,20-17-,21-18-,28-25-,29-26-,30-27-,37-34-,38-35-,39-36-,46-43-,47-44-,50-45-,53-51-. The average Bonchev–Trinajstić information content (AvgIpc) is 0.907. The molecule has 0 heterocycles. The summed E-state index contributed by atoms with van der Waals surface area (Å²) in [7, 11) is -9.82. The third-order valence-corrected chi connectivity index (χ3v) is 22.0. The number of hydrogen-bond donors (Lipinski definition) is 4. The minimum atomic E-state index is -4.95. The van der Waals surface area contributed by atoms with E-state index in [1.165, 1.54) is 148 Å². The number of phosphoric ester groups is 2. The number of rotatable bonds is 90. The summed E-state index contributed by atoms with van der Waals surface area (Å²) in [5, 5.41) is 20.8. The molecule has 0 radical (unpaired) electrons. The molecule has 0 rings (SSSR count). The first-order valence-electron chi connectivity index (χ1n) is 48.1. The van der Waals surface area contributed by atoms with E-state index >= 15 is 0 Å². The largest absolute Gasteiger partial charge is 0.472 e. The third kappa shape index (κ3) is 95.2. The second-order valence-electron chi connectivity index (χ2n) is 31.8. The highest BCUT2D eigenvalue weighted by Gasteiger charge is 2.30. The van der Waals surface area contributed by atoms with Crippen LogP contribution in [0.15, 0.2) is 182 Å². The van der Waals surface area contributed by atoms with Crippen LogP contribution in [0.2, 0.25) is 0 Å². The zero-order valence-corrected chi connectivity index (χ0v) is 78.2. The number of allylic oxidation sites excluding steroid dienone is 30. The highest BCUT2D eigenvalue weighted by Crippen LogP contribution is 2.45. The molecule has 0 saturated heterocycles. The van der Waals surface area contributed by atoms with E-state index in [0.717, 1.165) is 186 Å². The van der Waals surface area contributed by atoms with Crippen molar-refractivity contribution in [2.75, 3.05) is 39.6 Å². The molecule has 0 aromatic heterocycles. The Kier molecular flexibility index (Phi) is 89.6. The van der Waals surface area contributed by atoms with Crippen molar-refractivity contribution >= 4 is 33.6 Å². The lowest BCUT2D eigenvalue weighted by Gasteiger charge is -2.21. The molecule has 0 aliphatic rings. The van der Waals surface area contributed by atoms with Crippen LogP contribution in [-0.4, -0.2) is 95.9 Å². The number of hydrogen-bond acceptors (Lipinski definition) is 14. The molecule has 0 fully saturated rings. The molecule has 692 valence electrons. The highest BCUT2D eigenvalue weighted by molar-refractivity contribution is 7.47. The molecule has 16 nitrogen and oxygen atoms in total. The van der Waals surface area contributed by atoms with Crippen LogP contribution in [0.3, 0.4) is 0 Å². The van der Waals surface area contributed by atoms with Crippen LogP contribution in [0.4, 0.5) is 0 Å². The van der Waals surface area contributed by atoms with Gasteiger partial charge >= 0.3 is 33.6 Å². The van der Waals surface area contributed by atoms with Gasteiger partial charge < -0.3 is 34.2 Å². The van der Waals surface area contributed by atoms with Gasteiger partial charge in [0.15, 0.2) is 6.10 Å². The van der Waals surface area contributed by atoms with E-state index in [-0.39, 0.29) is 19.3 Å². The number of phosphoric acid groups is 2. The van der Waals surface area contributed by atoms with Gasteiger partial charge in [0.25, 0.3) is 0 Å². The van der Waals surface area contributed by atoms with Gasteiger partial charge in [0.1, 0.15) is 25.4 Å². The molecule has 0 bridgehead atoms. The summed E-state index contributed by atoms with van der Waals surface area (Å²) < 4.78 is 61.6. The van der Waals surface area contributed by atoms with Crippen LogP contribution >= 0.6 is 15.6 Å². The second kappa shape index (κ2) is 93.8. The number of esters is 3. The summed E-state index contributed by atoms with van der Waals surface area (Å²) in [6.45, 7) is 2.47. The summed E-state index contributed by atoms with van der Waals surface area (Å²) >= 11 is 0. The van der Waals surface area contributed by atoms with Gasteiger partial charge in [-0.15, -0.1) is 0 Å². The Morgan fingerprint density at radius 1 is 0.240 bits per heavy atom. The van der Waals surface area contributed by atoms with Crippen LogP contribution in [0, 0.1) is 0 Å². The summed E-state index contributed by atoms with van der Waals surface area (Å²) in [6.07, 6.45) is 124. The number of unbranched alkanes of at least 4 members (excludes halogenated alkanes) is 37. The maximum atomic E-state index is 13.1. The minimum absolute atomic E-state index is 0.0957. The fourth-order valence-electron chi connectivity index (χ4n) is 12.9. The molecule has 0 aliphatic heterocycles. The van der Waals surface area contributed by atoms with Crippen molar-refractivity contribution in [3.8, 4) is 0 Å². The van der Waals surface area contributed by atoms with Gasteiger partial charge in [-0.05, 0) is 161 Å². The number of aliphatic hydroxyl groups excluding tert-OH is 2. The summed E-state index contributed by atoms with van der Waals surface area (Å²) in [5.74, 6) is -1.58. The second-order valence-corrected chi connectivity index (χ2v) is 34.7. The summed E-state index contributed by atoms with van der Waals surface area (Å²) in [6, 6.07) is 0. The predicted octanol–water partition coefficient (Wildman–Crippen LogP) is 30.0. The molecular formula is C103H174O16P2. The smallest absolute Gasteiger partial charge is 0.463 e. The number of aliphatic hydroxyl groups is 2. The van der Waals surface area contributed by atoms with Crippen molar-refractivity contribution in [3.63, 3.8) is 0 Å². The van der Waals surface area contributed by atoms with Crippen LogP contribution in [0.25, 0.3) is 0 Å². The number of carbonyl (C=O) groups excluding carboxylic acids is 3. The molecule has 0 aromatic carbocycles. The molecule has 0 saturated carbocycles. The number of ether oxygens (including phenoxy) is 3. The Morgan fingerprint density at radius 2 is 0.438 bits per heavy atom. The molecule has 4 N–H and O–H groups in total. The van der Waals surface area contributed by atoms with Gasteiger partial charge in [0.2, 0.25) is 0 Å². The Bertz CT molecular complexity index is 2930. The van der Waals surface area contributed by atoms with Gasteiger partial charge in [-0.3, -0.25) is 32.5 Å². The molecular weight excluding hydrogens is 1560 g/mol. The number of carbonyl (C=O) groups is 3. The molecule has 0 spiro atoms. The van der Waals surface area contributed by atoms with Crippen LogP contribution in [-0.2, 0) is 55.8 Å². The van der Waals surface area contributed by atoms with Crippen molar-refractivity contribution < 1.29 is 75.8 Å². The first-order valence-corrected chi connectivity index (χ1v) is 51.1. The van der Waals surface area contributed by atoms with E-state index in [0.29, 0.717) is 19.3 Å². The summed E-state index contributed by atoms with van der Waals surface area (Å²) in [4.78, 5) is 59.1. The third-order valence-electron chi connectivity index (χ3n) is 20.1. The van der Waals surface area contributed by atoms with Gasteiger partial charge in [-0.2, -0.15) is 0 Å². The van der Waals surface area contributed by atoms with E-state index < -0.39 is 91.5 Å². The summed E-state index contributed by atoms with van der Waals surface area (Å²) in [5.41, 5.74) is 0. The first-order chi connectivity index (χ1) is 59.2. The van der Waals surface area contributed by atoms with Gasteiger partial charge in [0, 0.05) is 19.3 Å². The Morgan fingerprint density at radius 3 is 0.694 bits per heavy atom. The molecule has 121 heavy (non-hydrogen) atoms. The van der Waals surface area contributed by atoms with E-state index in [2.05, 4.69) is 203 Å². The van der Waals surface area contributed by atoms with Gasteiger partial charge in [-0.1, -0.05) is 396 Å². The van der Waals surface area contributed by atoms with Crippen molar-refractivity contribution in [2.24, 2.45) is 0 Å². The lowest BCUT2D eigenvalue weighted by atomic mass is 10.0. The topological polar surface area (TPSA) is 231 Å². The van der Waals surface area contributed by atoms with Gasteiger partial charge in [-0.25, -0.2) is 9.13 Å². The first kappa shape index (κ1) is 116. The SMILES string of the molecule is CC/C=C\C/C=C\C/C=C\C/C=C\C/C=C\C/C=C\CCCCCCCCCCCCC(=O)OCC(O)COP(=O)(O)OCC(O)COP(=O)(O)OCC(COC(=O)CCCCCCCCCCCCCCC/C=C\C/C=C\C/C=C\C/C=C\CCCCC)OC(=O)CCCCCCCCCCCCC/C=C\C/C=C\C/C=C\C/C=C\C/C=C\CC. The maximum Gasteiger partial charge on any atom is 0.472 e. The van der Waals surface area contributed by atoms with Crippen LogP contribution in [0.5, 0.6) is 0 Å². The van der Waals surface area contributed by atoms with Crippen LogP contribution in [0.1, 0.15) is 393 Å². The maximum absolute atomic E-state index is 13.1. The van der Waals surface area contributed by atoms with E-state index in [9.17, 15) is 43.5 Å². The lowest BCUT2D eigenvalue weighted by Crippen LogP contribution is -2.30. The quantitative estimate of drug-likeness (QED) is 0.0146. The van der Waals surface area contributed by atoms with Crippen molar-refractivity contribution in [1.29, 1.82) is 0 Å². The predicted molar refractivity (Wildman–Crippen MR) is 509 cm³/mol. The molecule has 18 heteroatoms. The van der Waals surface area contributed by atoms with Gasteiger partial charge in [0.05, 0.1) is 26.4 Å². The Balaban J connectivity index is 4.67. The van der Waals surface area contributed by atoms with Crippen molar-refractivity contribution in [1.82, 2.24) is 0 Å². The molecule has 0 aromatic rings. The fourth-order valence-corrected chi connectivity index (χ4v) is 14.5. The zero-order chi connectivity index (χ0) is 87.9. The van der Waals surface area contributed by atoms with E-state index in [4.69, 9.17) is 32.3 Å². The van der Waals surface area contributed by atoms with Crippen molar-refractivity contribution in [2.45, 2.75) is 411 Å². The van der Waals surface area contributed by atoms with Crippen LogP contribution < -0.4 is 0 Å². The Hall–Kier alpha value is -5.35. The lowest BCUT2D eigenvalue weighted by molar-refractivity contribution is -0.161. The normalized spacial score (nSPS) is 14.5. The molecule has 5 atom stereocenters. The monoisotopic (exact) mass is 1730 g/mol. The highest BCUT2D eigenvalue weighted by atomic mass is 31.2. The Labute approximate surface area is 738 Å². The average molecular weight is 1730 g/mol. The minimum Gasteiger partial charge on any atom is -0.463 e. The molecule has 5 unspecified atom stereocenters. The van der Waals surface area contributed by atoms with E-state index in [1.807, 2.05) is 0 Å². The zero-order valence-electron chi connectivity index (χ0n) is 76.4. The molecule has 0 amide bonds. The van der Waals surface area contributed by atoms with Crippen molar-refractivity contribution in [3.05, 3.63) is 182 Å².